The Labute approximate surface area is 313 Å². The van der Waals surface area contributed by atoms with E-state index in [0.717, 1.165) is 60.2 Å². The highest BCUT2D eigenvalue weighted by atomic mass is 32.2. The van der Waals surface area contributed by atoms with Crippen LogP contribution in [0.3, 0.4) is 0 Å². The van der Waals surface area contributed by atoms with E-state index in [1.807, 2.05) is 54.6 Å². The average Bonchev–Trinajstić information content (AvgIpc) is 3.78. The Balaban J connectivity index is 1.21. The summed E-state index contributed by atoms with van der Waals surface area (Å²) in [5.41, 5.74) is -2.74. The predicted octanol–water partition coefficient (Wildman–Crippen LogP) is 11.8. The average molecular weight is 775 g/mol. The van der Waals surface area contributed by atoms with E-state index in [2.05, 4.69) is 52.2 Å². The molecule has 0 atom stereocenters. The molecule has 272 valence electrons. The van der Waals surface area contributed by atoms with Crippen molar-refractivity contribution in [2.24, 2.45) is 0 Å². The van der Waals surface area contributed by atoms with E-state index in [9.17, 15) is 21.6 Å². The van der Waals surface area contributed by atoms with E-state index in [1.165, 1.54) is 11.3 Å². The molecule has 1 aliphatic heterocycles. The number of rotatable bonds is 10. The lowest BCUT2D eigenvalue weighted by Gasteiger charge is -2.26. The fourth-order valence-corrected chi connectivity index (χ4v) is 8.67. The van der Waals surface area contributed by atoms with E-state index in [4.69, 9.17) is 20.8 Å². The number of fused-ring (bicyclic) bond motifs is 1. The van der Waals surface area contributed by atoms with Crippen LogP contribution in [-0.2, 0) is 14.6 Å². The second-order valence-electron chi connectivity index (χ2n) is 12.3. The van der Waals surface area contributed by atoms with Gasteiger partial charge in [-0.1, -0.05) is 24.3 Å². The van der Waals surface area contributed by atoms with Gasteiger partial charge in [-0.05, 0) is 111 Å². The number of allylic oxidation sites excluding steroid dienone is 1. The molecule has 0 saturated heterocycles. The summed E-state index contributed by atoms with van der Waals surface area (Å²) in [5.74, 6) is 0.969. The van der Waals surface area contributed by atoms with Gasteiger partial charge in [-0.3, -0.25) is 0 Å². The van der Waals surface area contributed by atoms with Crippen molar-refractivity contribution in [3.8, 4) is 11.5 Å². The number of alkyl halides is 3. The van der Waals surface area contributed by atoms with Crippen LogP contribution in [0.5, 0.6) is 11.5 Å². The Morgan fingerprint density at radius 3 is 1.68 bits per heavy atom. The summed E-state index contributed by atoms with van der Waals surface area (Å²) in [4.78, 5) is 6.40. The molecule has 0 bridgehead atoms. The van der Waals surface area contributed by atoms with Crippen LogP contribution in [0.1, 0.15) is 36.1 Å². The largest absolute Gasteiger partial charge is 0.501 e. The first-order chi connectivity index (χ1) is 25.1. The van der Waals surface area contributed by atoms with Crippen molar-refractivity contribution in [3.63, 3.8) is 0 Å². The third-order valence-electron chi connectivity index (χ3n) is 8.53. The Kier molecular flexibility index (Phi) is 10.3. The van der Waals surface area contributed by atoms with Crippen LogP contribution in [0.2, 0.25) is 0 Å². The van der Waals surface area contributed by atoms with Crippen LogP contribution in [0.4, 0.5) is 30.2 Å². The molecular formula is C40H33F3N2O5S3. The highest BCUT2D eigenvalue weighted by molar-refractivity contribution is 7.96. The summed E-state index contributed by atoms with van der Waals surface area (Å²) >= 11 is 3.14. The van der Waals surface area contributed by atoms with E-state index in [-0.39, 0.29) is 5.70 Å². The van der Waals surface area contributed by atoms with E-state index in [1.54, 1.807) is 51.6 Å². The molecule has 3 aromatic carbocycles. The second kappa shape index (κ2) is 14.6. The molecule has 6 rings (SSSR count). The number of nitrogens with zero attached hydrogens (tertiary/aromatic N) is 2. The monoisotopic (exact) mass is 774 g/mol. The minimum atomic E-state index is -5.67. The molecule has 0 saturated carbocycles. The maximum absolute atomic E-state index is 13.3. The van der Waals surface area contributed by atoms with Crippen LogP contribution in [0.25, 0.3) is 32.5 Å². The number of ether oxygens (including phenoxy) is 3. The zero-order valence-electron chi connectivity index (χ0n) is 29.2. The lowest BCUT2D eigenvalue weighted by atomic mass is 9.97. The number of hydrogen-bond acceptors (Lipinski definition) is 8. The summed E-state index contributed by atoms with van der Waals surface area (Å²) in [6.45, 7) is 11.6. The third kappa shape index (κ3) is 7.62. The maximum Gasteiger partial charge on any atom is 0.501 e. The molecule has 0 radical (unpaired) electrons. The van der Waals surface area contributed by atoms with E-state index < -0.39 is 31.6 Å². The predicted molar refractivity (Wildman–Crippen MR) is 208 cm³/mol. The Hall–Kier alpha value is -5.29. The summed E-state index contributed by atoms with van der Waals surface area (Å²) in [6, 6.07) is 28.1. The first-order valence-corrected chi connectivity index (χ1v) is 19.2. The minimum Gasteiger partial charge on any atom is -0.497 e. The van der Waals surface area contributed by atoms with Gasteiger partial charge in [0.2, 0.25) is 5.70 Å². The fraction of sp³-hybridized carbons (Fsp3) is 0.175. The van der Waals surface area contributed by atoms with Crippen molar-refractivity contribution >= 4 is 77.2 Å². The first kappa shape index (κ1) is 37.5. The highest BCUT2D eigenvalue weighted by Gasteiger charge is 2.50. The molecule has 53 heavy (non-hydrogen) atoms. The van der Waals surface area contributed by atoms with Gasteiger partial charge in [-0.15, -0.1) is 22.7 Å². The summed E-state index contributed by atoms with van der Waals surface area (Å²) in [7, 11) is -2.39. The molecule has 0 N–H and O–H groups in total. The van der Waals surface area contributed by atoms with Crippen molar-refractivity contribution < 1.29 is 35.8 Å². The summed E-state index contributed by atoms with van der Waals surface area (Å²) in [5, 5.41) is 0. The molecule has 0 unspecified atom stereocenters. The van der Waals surface area contributed by atoms with E-state index in [0.29, 0.717) is 5.57 Å². The quantitative estimate of drug-likeness (QED) is 0.132. The summed E-state index contributed by atoms with van der Waals surface area (Å²) < 4.78 is 82.4. The molecule has 13 heteroatoms. The van der Waals surface area contributed by atoms with Gasteiger partial charge in [0, 0.05) is 41.8 Å². The zero-order valence-corrected chi connectivity index (χ0v) is 31.6. The Bertz CT molecular complexity index is 2350. The van der Waals surface area contributed by atoms with Gasteiger partial charge < -0.3 is 19.1 Å². The standard InChI is InChI=1S/C40H33F3N2O5S3/c1-25(53(46,47)40(41,42)43)38-37(44-4)34(39(2,3)50-38)22-21-33-24-36-35(52-33)23-32(51-36)20-9-26-7-10-27(11-8-26)45(28-12-16-30(48-5)17-13-28)29-14-18-31(49-6)19-15-29/h7-24H,1-3,5-6H3/b20-9+,22-21+,38-25-. The van der Waals surface area contributed by atoms with Crippen LogP contribution < -0.4 is 14.4 Å². The molecule has 5 aromatic rings. The van der Waals surface area contributed by atoms with Crippen LogP contribution in [0, 0.1) is 6.57 Å². The molecule has 7 nitrogen and oxygen atoms in total. The number of anilines is 3. The molecular weight excluding hydrogens is 742 g/mol. The van der Waals surface area contributed by atoms with Crippen molar-refractivity contribution in [3.05, 3.63) is 140 Å². The van der Waals surface area contributed by atoms with Crippen molar-refractivity contribution in [2.75, 3.05) is 19.1 Å². The number of thiophene rings is 2. The third-order valence-corrected chi connectivity index (χ3v) is 12.4. The fourth-order valence-electron chi connectivity index (χ4n) is 5.72. The van der Waals surface area contributed by atoms with Gasteiger partial charge >= 0.3 is 5.51 Å². The van der Waals surface area contributed by atoms with Crippen molar-refractivity contribution in [1.29, 1.82) is 0 Å². The van der Waals surface area contributed by atoms with Crippen molar-refractivity contribution in [2.45, 2.75) is 31.9 Å². The van der Waals surface area contributed by atoms with Gasteiger partial charge in [-0.25, -0.2) is 13.3 Å². The number of methoxy groups -OCH3 is 2. The van der Waals surface area contributed by atoms with E-state index >= 15 is 0 Å². The highest BCUT2D eigenvalue weighted by Crippen LogP contribution is 2.45. The topological polar surface area (TPSA) is 69.4 Å². The number of halogens is 3. The Morgan fingerprint density at radius 2 is 1.25 bits per heavy atom. The first-order valence-electron chi connectivity index (χ1n) is 16.1. The van der Waals surface area contributed by atoms with Crippen LogP contribution >= 0.6 is 22.7 Å². The molecule has 2 aromatic heterocycles. The summed E-state index contributed by atoms with van der Waals surface area (Å²) in [6.07, 6.45) is 7.48. The minimum absolute atomic E-state index is 0.260. The lowest BCUT2D eigenvalue weighted by Crippen LogP contribution is -2.26. The normalized spacial score (nSPS) is 15.6. The second-order valence-corrected chi connectivity index (χ2v) is 16.6. The molecule has 0 fully saturated rings. The lowest BCUT2D eigenvalue weighted by molar-refractivity contribution is -0.0428. The Morgan fingerprint density at radius 1 is 0.792 bits per heavy atom. The molecule has 1 aliphatic rings. The number of benzene rings is 3. The molecule has 3 heterocycles. The van der Waals surface area contributed by atoms with Crippen LogP contribution in [0.15, 0.2) is 113 Å². The zero-order chi connectivity index (χ0) is 38.1. The van der Waals surface area contributed by atoms with Gasteiger partial charge in [0.15, 0.2) is 0 Å². The van der Waals surface area contributed by atoms with Crippen molar-refractivity contribution in [1.82, 2.24) is 0 Å². The van der Waals surface area contributed by atoms with Crippen LogP contribution in [-0.4, -0.2) is 33.7 Å². The molecule has 0 spiro atoms. The molecule has 0 amide bonds. The SMILES string of the molecule is [C-]#[N+]C1=C(/C=C/c2cc3sc(/C=C/c4ccc(N(c5ccc(OC)cc5)c5ccc(OC)cc5)cc4)cc3s2)C(C)(C)O/C1=C(/C)S(=O)(=O)C(F)(F)F. The van der Waals surface area contributed by atoms with Gasteiger partial charge in [0.25, 0.3) is 9.84 Å². The van der Waals surface area contributed by atoms with Gasteiger partial charge in [0.05, 0.1) is 25.7 Å². The van der Waals surface area contributed by atoms with Gasteiger partial charge in [0.1, 0.15) is 22.9 Å². The van der Waals surface area contributed by atoms with Gasteiger partial charge in [-0.2, -0.15) is 13.2 Å². The maximum atomic E-state index is 13.3. The number of hydrogen-bond donors (Lipinski definition) is 0. The smallest absolute Gasteiger partial charge is 0.497 e. The molecule has 0 aliphatic carbocycles. The number of sulfone groups is 1.